The summed E-state index contributed by atoms with van der Waals surface area (Å²) in [5, 5.41) is 8.63. The van der Waals surface area contributed by atoms with Gasteiger partial charge >= 0.3 is 17.9 Å². The summed E-state index contributed by atoms with van der Waals surface area (Å²) in [6, 6.07) is 0. The molecule has 0 aromatic rings. The van der Waals surface area contributed by atoms with Crippen molar-refractivity contribution in [2.75, 3.05) is 53.5 Å². The number of carbonyl (C=O) groups is 3. The number of nitrogens with zero attached hydrogens (tertiary/aromatic N) is 2. The molecule has 330 valence electrons. The molecule has 0 bridgehead atoms. The average Bonchev–Trinajstić information content (AvgIpc) is 3.19. The first-order chi connectivity index (χ1) is 27.2. The summed E-state index contributed by atoms with van der Waals surface area (Å²) in [6.45, 7) is 11.8. The molecule has 0 aliphatic carbocycles. The van der Waals surface area contributed by atoms with Crippen molar-refractivity contribution in [1.29, 1.82) is 0 Å². The molecule has 0 amide bonds. The molecule has 0 radical (unpaired) electrons. The summed E-state index contributed by atoms with van der Waals surface area (Å²) in [7, 11) is 4.10. The highest BCUT2D eigenvalue weighted by molar-refractivity contribution is 5.72. The third-order valence-corrected chi connectivity index (χ3v) is 12.4. The smallest absolute Gasteiger partial charge is 0.309 e. The molecule has 56 heavy (non-hydrogen) atoms. The van der Waals surface area contributed by atoms with E-state index < -0.39 is 5.97 Å². The lowest BCUT2D eigenvalue weighted by Gasteiger charge is -2.28. The summed E-state index contributed by atoms with van der Waals surface area (Å²) in [4.78, 5) is 39.9. The van der Waals surface area contributed by atoms with E-state index in [1.54, 1.807) is 0 Å². The molecule has 0 spiro atoms. The second kappa shape index (κ2) is 36.4. The molecule has 2 aliphatic heterocycles. The molecule has 0 aromatic carbocycles. The highest BCUT2D eigenvalue weighted by atomic mass is 16.5. The first-order valence-corrected chi connectivity index (χ1v) is 24.1. The fourth-order valence-electron chi connectivity index (χ4n) is 8.43. The van der Waals surface area contributed by atoms with E-state index in [-0.39, 0.29) is 23.8 Å². The van der Waals surface area contributed by atoms with Gasteiger partial charge < -0.3 is 24.4 Å². The van der Waals surface area contributed by atoms with Gasteiger partial charge in [0.05, 0.1) is 25.0 Å². The molecule has 0 aromatic heterocycles. The standard InChI is InChI=1S/C41H79NO4.C7H13NO2/c1-5-8-11-12-13-14-17-22-27-38(36-46-41(44)39-30-33-42(4)34-31-39)28-23-18-15-16-19-24-29-40(43)45-35-32-37(25-20-9-6-2)26-21-10-7-3;1-8-4-2-3-6(5-8)7(9)10/h37-39H,5-36H2,1-4H3;6H,2-5H2,1H3,(H,9,10)/t;6-/m.0/s1. The molecule has 2 fully saturated rings. The van der Waals surface area contributed by atoms with Crippen molar-refractivity contribution in [3.8, 4) is 0 Å². The number of hydrogen-bond acceptors (Lipinski definition) is 7. The van der Waals surface area contributed by atoms with Crippen LogP contribution in [0.1, 0.15) is 213 Å². The lowest BCUT2D eigenvalue weighted by Crippen LogP contribution is -2.35. The maximum atomic E-state index is 12.7. The summed E-state index contributed by atoms with van der Waals surface area (Å²) in [5.41, 5.74) is 0. The Balaban J connectivity index is 0.00000135. The Hall–Kier alpha value is -1.67. The molecule has 8 heteroatoms. The maximum Gasteiger partial charge on any atom is 0.309 e. The molecular formula is C48H92N2O6. The van der Waals surface area contributed by atoms with E-state index in [2.05, 4.69) is 37.6 Å². The SMILES string of the molecule is CCCCCCCCCCC(CCCCCCCCC(=O)OCCC(CCCCC)CCCCC)COC(=O)C1CCN(C)CC1.CN1CCC[C@H](C(=O)O)C1. The van der Waals surface area contributed by atoms with Gasteiger partial charge in [0.15, 0.2) is 0 Å². The van der Waals surface area contributed by atoms with Gasteiger partial charge in [-0.3, -0.25) is 14.4 Å². The Bertz CT molecular complexity index is 929. The van der Waals surface area contributed by atoms with Gasteiger partial charge in [-0.05, 0) is 96.9 Å². The third kappa shape index (κ3) is 29.5. The molecule has 2 atom stereocenters. The summed E-state index contributed by atoms with van der Waals surface area (Å²) < 4.78 is 11.5. The van der Waals surface area contributed by atoms with E-state index in [9.17, 15) is 14.4 Å². The fourth-order valence-corrected chi connectivity index (χ4v) is 8.43. The van der Waals surface area contributed by atoms with Gasteiger partial charge in [-0.2, -0.15) is 0 Å². The number of hydrogen-bond donors (Lipinski definition) is 1. The second-order valence-electron chi connectivity index (χ2n) is 17.8. The molecule has 1 unspecified atom stereocenters. The molecule has 2 aliphatic rings. The monoisotopic (exact) mass is 793 g/mol. The number of aliphatic carboxylic acids is 1. The van der Waals surface area contributed by atoms with Gasteiger partial charge in [0.1, 0.15) is 0 Å². The number of rotatable bonds is 33. The van der Waals surface area contributed by atoms with Crippen LogP contribution in [-0.4, -0.2) is 86.3 Å². The number of esters is 2. The van der Waals surface area contributed by atoms with Crippen molar-refractivity contribution < 1.29 is 29.0 Å². The predicted octanol–water partition coefficient (Wildman–Crippen LogP) is 12.3. The van der Waals surface area contributed by atoms with Crippen LogP contribution in [0, 0.1) is 23.7 Å². The van der Waals surface area contributed by atoms with Gasteiger partial charge in [0.2, 0.25) is 0 Å². The van der Waals surface area contributed by atoms with Crippen molar-refractivity contribution in [2.45, 2.75) is 213 Å². The fraction of sp³-hybridized carbons (Fsp3) is 0.938. The van der Waals surface area contributed by atoms with Crippen LogP contribution in [0.25, 0.3) is 0 Å². The zero-order valence-electron chi connectivity index (χ0n) is 37.6. The number of piperidine rings is 2. The predicted molar refractivity (Wildman–Crippen MR) is 234 cm³/mol. The van der Waals surface area contributed by atoms with E-state index in [0.29, 0.717) is 25.6 Å². The Morgan fingerprint density at radius 1 is 0.554 bits per heavy atom. The van der Waals surface area contributed by atoms with E-state index >= 15 is 0 Å². The summed E-state index contributed by atoms with van der Waals surface area (Å²) >= 11 is 0. The number of carbonyl (C=O) groups excluding carboxylic acids is 2. The lowest BCUT2D eigenvalue weighted by molar-refractivity contribution is -0.151. The van der Waals surface area contributed by atoms with E-state index in [4.69, 9.17) is 14.6 Å². The van der Waals surface area contributed by atoms with Crippen molar-refractivity contribution >= 4 is 17.9 Å². The first kappa shape index (κ1) is 52.3. The molecule has 2 rings (SSSR count). The maximum absolute atomic E-state index is 12.7. The zero-order chi connectivity index (χ0) is 41.1. The molecule has 8 nitrogen and oxygen atoms in total. The molecule has 1 N–H and O–H groups in total. The van der Waals surface area contributed by atoms with Crippen LogP contribution in [-0.2, 0) is 23.9 Å². The van der Waals surface area contributed by atoms with Crippen molar-refractivity contribution in [2.24, 2.45) is 23.7 Å². The molecule has 2 heterocycles. The number of carboxylic acids is 1. The Morgan fingerprint density at radius 2 is 1.04 bits per heavy atom. The van der Waals surface area contributed by atoms with Gasteiger partial charge in [-0.15, -0.1) is 0 Å². The van der Waals surface area contributed by atoms with Crippen LogP contribution in [0.5, 0.6) is 0 Å². The van der Waals surface area contributed by atoms with Crippen LogP contribution in [0.4, 0.5) is 0 Å². The van der Waals surface area contributed by atoms with E-state index in [1.807, 2.05) is 7.05 Å². The van der Waals surface area contributed by atoms with Crippen LogP contribution < -0.4 is 0 Å². The van der Waals surface area contributed by atoms with Gasteiger partial charge in [-0.1, -0.05) is 156 Å². The minimum atomic E-state index is -0.647. The van der Waals surface area contributed by atoms with E-state index in [1.165, 1.54) is 141 Å². The lowest BCUT2D eigenvalue weighted by atomic mass is 9.92. The topological polar surface area (TPSA) is 96.4 Å². The second-order valence-corrected chi connectivity index (χ2v) is 17.8. The van der Waals surface area contributed by atoms with Crippen LogP contribution >= 0.6 is 0 Å². The molecule has 2 saturated heterocycles. The van der Waals surface area contributed by atoms with Crippen LogP contribution in [0.2, 0.25) is 0 Å². The third-order valence-electron chi connectivity index (χ3n) is 12.4. The normalized spacial score (nSPS) is 17.4. The Labute approximate surface area is 346 Å². The highest BCUT2D eigenvalue weighted by Crippen LogP contribution is 2.24. The Morgan fingerprint density at radius 3 is 1.55 bits per heavy atom. The van der Waals surface area contributed by atoms with Gasteiger partial charge in [-0.25, -0.2) is 0 Å². The van der Waals surface area contributed by atoms with E-state index in [0.717, 1.165) is 77.0 Å². The Kier molecular flexibility index (Phi) is 34.0. The summed E-state index contributed by atoms with van der Waals surface area (Å²) in [5.74, 6) is 0.594. The van der Waals surface area contributed by atoms with Crippen LogP contribution in [0.15, 0.2) is 0 Å². The van der Waals surface area contributed by atoms with Crippen LogP contribution in [0.3, 0.4) is 0 Å². The van der Waals surface area contributed by atoms with Gasteiger partial charge in [0, 0.05) is 13.0 Å². The molecular weight excluding hydrogens is 701 g/mol. The number of unbranched alkanes of at least 4 members (excludes halogenated alkanes) is 16. The number of ether oxygens (including phenoxy) is 2. The summed E-state index contributed by atoms with van der Waals surface area (Å²) in [6.07, 6.45) is 35.8. The minimum Gasteiger partial charge on any atom is -0.481 e. The largest absolute Gasteiger partial charge is 0.481 e. The highest BCUT2D eigenvalue weighted by Gasteiger charge is 2.26. The average molecular weight is 793 g/mol. The van der Waals surface area contributed by atoms with Crippen molar-refractivity contribution in [3.05, 3.63) is 0 Å². The first-order valence-electron chi connectivity index (χ1n) is 24.1. The molecule has 0 saturated carbocycles. The number of carboxylic acid groups (broad SMARTS) is 1. The van der Waals surface area contributed by atoms with Crippen molar-refractivity contribution in [1.82, 2.24) is 9.80 Å². The quantitative estimate of drug-likeness (QED) is 0.0518. The number of likely N-dealkylation sites (tertiary alicyclic amines) is 2. The van der Waals surface area contributed by atoms with Gasteiger partial charge in [0.25, 0.3) is 0 Å². The minimum absolute atomic E-state index is 0.000498. The van der Waals surface area contributed by atoms with Crippen molar-refractivity contribution in [3.63, 3.8) is 0 Å². The zero-order valence-corrected chi connectivity index (χ0v) is 37.6.